The molecular formula is C17H16FNO. The van der Waals surface area contributed by atoms with E-state index in [1.54, 1.807) is 6.07 Å². The SMILES string of the molecule is CNC(C)c1ccc(-c2cc3cc(F)ccc3o2)cc1. The molecule has 0 amide bonds. The lowest BCUT2D eigenvalue weighted by Crippen LogP contribution is -2.11. The first-order chi connectivity index (χ1) is 9.67. The average Bonchev–Trinajstić information content (AvgIpc) is 2.89. The van der Waals surface area contributed by atoms with Gasteiger partial charge < -0.3 is 9.73 Å². The highest BCUT2D eigenvalue weighted by atomic mass is 19.1. The predicted molar refractivity (Wildman–Crippen MR) is 79.1 cm³/mol. The molecule has 1 atom stereocenters. The second kappa shape index (κ2) is 5.10. The lowest BCUT2D eigenvalue weighted by Gasteiger charge is -2.10. The Kier molecular flexibility index (Phi) is 3.28. The maximum Gasteiger partial charge on any atom is 0.135 e. The third-order valence-electron chi connectivity index (χ3n) is 3.61. The summed E-state index contributed by atoms with van der Waals surface area (Å²) in [5.41, 5.74) is 2.92. The number of rotatable bonds is 3. The molecule has 0 radical (unpaired) electrons. The van der Waals surface area contributed by atoms with Crippen LogP contribution in [0.2, 0.25) is 0 Å². The number of hydrogen-bond acceptors (Lipinski definition) is 2. The van der Waals surface area contributed by atoms with Crippen molar-refractivity contribution in [2.45, 2.75) is 13.0 Å². The van der Waals surface area contributed by atoms with Gasteiger partial charge in [-0.3, -0.25) is 0 Å². The molecule has 0 aliphatic rings. The fraction of sp³-hybridized carbons (Fsp3) is 0.176. The number of nitrogens with one attached hydrogen (secondary N) is 1. The maximum absolute atomic E-state index is 13.2. The Balaban J connectivity index is 1.98. The molecule has 1 N–H and O–H groups in total. The second-order valence-electron chi connectivity index (χ2n) is 4.93. The fourth-order valence-corrected chi connectivity index (χ4v) is 2.26. The zero-order chi connectivity index (χ0) is 14.1. The van der Waals surface area contributed by atoms with Crippen molar-refractivity contribution < 1.29 is 8.81 Å². The van der Waals surface area contributed by atoms with E-state index < -0.39 is 0 Å². The van der Waals surface area contributed by atoms with E-state index in [1.165, 1.54) is 17.7 Å². The van der Waals surface area contributed by atoms with Crippen LogP contribution in [-0.2, 0) is 0 Å². The highest BCUT2D eigenvalue weighted by Gasteiger charge is 2.08. The molecule has 2 aromatic carbocycles. The standard InChI is InChI=1S/C17H16FNO/c1-11(19-2)12-3-5-13(6-4-12)17-10-14-9-15(18)7-8-16(14)20-17/h3-11,19H,1-2H3. The van der Waals surface area contributed by atoms with Crippen LogP contribution in [0.4, 0.5) is 4.39 Å². The minimum absolute atomic E-state index is 0.247. The summed E-state index contributed by atoms with van der Waals surface area (Å²) >= 11 is 0. The molecule has 1 unspecified atom stereocenters. The van der Waals surface area contributed by atoms with Gasteiger partial charge in [0.05, 0.1) is 0 Å². The van der Waals surface area contributed by atoms with Gasteiger partial charge in [-0.15, -0.1) is 0 Å². The van der Waals surface area contributed by atoms with E-state index in [9.17, 15) is 4.39 Å². The summed E-state index contributed by atoms with van der Waals surface area (Å²) in [6, 6.07) is 14.9. The van der Waals surface area contributed by atoms with Crippen molar-refractivity contribution in [1.29, 1.82) is 0 Å². The van der Waals surface area contributed by atoms with Gasteiger partial charge in [0.2, 0.25) is 0 Å². The van der Waals surface area contributed by atoms with Crippen molar-refractivity contribution in [3.05, 3.63) is 59.9 Å². The largest absolute Gasteiger partial charge is 0.456 e. The first-order valence-electron chi connectivity index (χ1n) is 6.64. The third-order valence-corrected chi connectivity index (χ3v) is 3.61. The molecule has 1 heterocycles. The molecule has 0 spiro atoms. The normalized spacial score (nSPS) is 12.8. The Labute approximate surface area is 117 Å². The van der Waals surface area contributed by atoms with E-state index in [1.807, 2.05) is 25.2 Å². The van der Waals surface area contributed by atoms with E-state index in [0.29, 0.717) is 11.6 Å². The molecule has 1 aromatic heterocycles. The van der Waals surface area contributed by atoms with Crippen molar-refractivity contribution in [3.8, 4) is 11.3 Å². The molecule has 0 saturated carbocycles. The van der Waals surface area contributed by atoms with E-state index in [4.69, 9.17) is 4.42 Å². The van der Waals surface area contributed by atoms with E-state index in [0.717, 1.165) is 16.7 Å². The van der Waals surface area contributed by atoms with Crippen LogP contribution >= 0.6 is 0 Å². The molecule has 0 saturated heterocycles. The summed E-state index contributed by atoms with van der Waals surface area (Å²) in [4.78, 5) is 0. The first kappa shape index (κ1) is 12.9. The molecule has 3 aromatic rings. The molecule has 102 valence electrons. The summed E-state index contributed by atoms with van der Waals surface area (Å²) < 4.78 is 18.9. The van der Waals surface area contributed by atoms with Crippen LogP contribution in [0.1, 0.15) is 18.5 Å². The van der Waals surface area contributed by atoms with Crippen LogP contribution < -0.4 is 5.32 Å². The van der Waals surface area contributed by atoms with Crippen LogP contribution in [0, 0.1) is 5.82 Å². The smallest absolute Gasteiger partial charge is 0.135 e. The zero-order valence-corrected chi connectivity index (χ0v) is 11.5. The summed E-state index contributed by atoms with van der Waals surface area (Å²) in [6.07, 6.45) is 0. The van der Waals surface area contributed by atoms with Gasteiger partial charge in [0, 0.05) is 17.0 Å². The van der Waals surface area contributed by atoms with Gasteiger partial charge in [-0.25, -0.2) is 4.39 Å². The van der Waals surface area contributed by atoms with Crippen LogP contribution in [0.5, 0.6) is 0 Å². The van der Waals surface area contributed by atoms with E-state index in [2.05, 4.69) is 24.4 Å². The Hall–Kier alpha value is -2.13. The maximum atomic E-state index is 13.2. The van der Waals surface area contributed by atoms with Crippen LogP contribution in [-0.4, -0.2) is 7.05 Å². The van der Waals surface area contributed by atoms with Gasteiger partial charge in [0.25, 0.3) is 0 Å². The molecule has 3 heteroatoms. The number of fused-ring (bicyclic) bond motifs is 1. The van der Waals surface area contributed by atoms with Crippen LogP contribution in [0.25, 0.3) is 22.3 Å². The molecule has 0 aliphatic heterocycles. The highest BCUT2D eigenvalue weighted by Crippen LogP contribution is 2.29. The molecule has 2 nitrogen and oxygen atoms in total. The summed E-state index contributed by atoms with van der Waals surface area (Å²) in [5.74, 6) is 0.511. The predicted octanol–water partition coefficient (Wildman–Crippen LogP) is 4.52. The van der Waals surface area contributed by atoms with Gasteiger partial charge in [0.1, 0.15) is 17.2 Å². The number of hydrogen-bond donors (Lipinski definition) is 1. The lowest BCUT2D eigenvalue weighted by atomic mass is 10.1. The zero-order valence-electron chi connectivity index (χ0n) is 11.5. The van der Waals surface area contributed by atoms with E-state index >= 15 is 0 Å². The summed E-state index contributed by atoms with van der Waals surface area (Å²) in [7, 11) is 1.94. The first-order valence-corrected chi connectivity index (χ1v) is 6.64. The third kappa shape index (κ3) is 2.32. The molecule has 0 bridgehead atoms. The average molecular weight is 269 g/mol. The Morgan fingerprint density at radius 1 is 1.05 bits per heavy atom. The minimum atomic E-state index is -0.247. The van der Waals surface area contributed by atoms with Crippen molar-refractivity contribution in [2.24, 2.45) is 0 Å². The highest BCUT2D eigenvalue weighted by molar-refractivity contribution is 5.82. The monoisotopic (exact) mass is 269 g/mol. The number of halogens is 1. The van der Waals surface area contributed by atoms with Crippen molar-refractivity contribution in [1.82, 2.24) is 5.32 Å². The Bertz CT molecular complexity index is 730. The number of furan rings is 1. The topological polar surface area (TPSA) is 25.2 Å². The molecule has 0 aliphatic carbocycles. The van der Waals surface area contributed by atoms with Crippen molar-refractivity contribution in [3.63, 3.8) is 0 Å². The quantitative estimate of drug-likeness (QED) is 0.756. The second-order valence-corrected chi connectivity index (χ2v) is 4.93. The molecule has 3 rings (SSSR count). The van der Waals surface area contributed by atoms with Gasteiger partial charge in [0.15, 0.2) is 0 Å². The Morgan fingerprint density at radius 2 is 1.80 bits per heavy atom. The number of benzene rings is 2. The van der Waals surface area contributed by atoms with E-state index in [-0.39, 0.29) is 5.82 Å². The lowest BCUT2D eigenvalue weighted by molar-refractivity contribution is 0.619. The van der Waals surface area contributed by atoms with Crippen LogP contribution in [0.3, 0.4) is 0 Å². The van der Waals surface area contributed by atoms with Crippen molar-refractivity contribution in [2.75, 3.05) is 7.05 Å². The van der Waals surface area contributed by atoms with Gasteiger partial charge >= 0.3 is 0 Å². The Morgan fingerprint density at radius 3 is 2.50 bits per heavy atom. The minimum Gasteiger partial charge on any atom is -0.456 e. The fourth-order valence-electron chi connectivity index (χ4n) is 2.26. The summed E-state index contributed by atoms with van der Waals surface area (Å²) in [5, 5.41) is 3.99. The van der Waals surface area contributed by atoms with Gasteiger partial charge in [-0.05, 0) is 43.8 Å². The summed E-state index contributed by atoms with van der Waals surface area (Å²) in [6.45, 7) is 2.11. The molecule has 0 fully saturated rings. The van der Waals surface area contributed by atoms with Crippen molar-refractivity contribution >= 4 is 11.0 Å². The van der Waals surface area contributed by atoms with Gasteiger partial charge in [-0.2, -0.15) is 0 Å². The van der Waals surface area contributed by atoms with Gasteiger partial charge in [-0.1, -0.05) is 24.3 Å². The molecule has 20 heavy (non-hydrogen) atoms. The van der Waals surface area contributed by atoms with Crippen LogP contribution in [0.15, 0.2) is 52.9 Å². The molecular weight excluding hydrogens is 253 g/mol.